The Morgan fingerprint density at radius 1 is 1.18 bits per heavy atom. The van der Waals surface area contributed by atoms with Crippen LogP contribution in [-0.4, -0.2) is 19.8 Å². The van der Waals surface area contributed by atoms with Crippen molar-refractivity contribution in [2.45, 2.75) is 45.3 Å². The normalized spacial score (nSPS) is 21.5. The molecule has 3 heteroatoms. The van der Waals surface area contributed by atoms with E-state index in [9.17, 15) is 0 Å². The average molecular weight is 304 g/mol. The van der Waals surface area contributed by atoms with Gasteiger partial charge in [-0.15, -0.1) is 6.58 Å². The van der Waals surface area contributed by atoms with Gasteiger partial charge in [-0.2, -0.15) is 0 Å². The summed E-state index contributed by atoms with van der Waals surface area (Å²) in [6, 6.07) is 7.98. The third kappa shape index (κ3) is 5.47. The molecule has 0 saturated carbocycles. The van der Waals surface area contributed by atoms with Crippen LogP contribution < -0.4 is 4.74 Å². The molecule has 122 valence electrons. The summed E-state index contributed by atoms with van der Waals surface area (Å²) in [7, 11) is 0. The first kappa shape index (κ1) is 17.0. The smallest absolute Gasteiger partial charge is 0.183 e. The average Bonchev–Trinajstić information content (AvgIpc) is 2.57. The van der Waals surface area contributed by atoms with E-state index in [1.54, 1.807) is 0 Å². The van der Waals surface area contributed by atoms with Gasteiger partial charge in [0.1, 0.15) is 5.75 Å². The molecular weight excluding hydrogens is 276 g/mol. The minimum Gasteiger partial charge on any atom is -0.493 e. The second kappa shape index (κ2) is 9.65. The summed E-state index contributed by atoms with van der Waals surface area (Å²) in [5.41, 5.74) is 1.06. The molecule has 0 radical (unpaired) electrons. The van der Waals surface area contributed by atoms with E-state index in [1.165, 1.54) is 25.7 Å². The van der Waals surface area contributed by atoms with Crippen LogP contribution in [0.25, 0.3) is 0 Å². The molecule has 0 unspecified atom stereocenters. The van der Waals surface area contributed by atoms with E-state index < -0.39 is 0 Å². The van der Waals surface area contributed by atoms with Crippen LogP contribution in [0.1, 0.15) is 50.9 Å². The molecule has 0 N–H and O–H groups in total. The largest absolute Gasteiger partial charge is 0.493 e. The SMILES string of the molecule is C=CCCOc1ccc(C2OCC(CCCCC)CO2)cc1. The van der Waals surface area contributed by atoms with Gasteiger partial charge in [0, 0.05) is 11.5 Å². The molecule has 22 heavy (non-hydrogen) atoms. The predicted molar refractivity (Wildman–Crippen MR) is 89.0 cm³/mol. The lowest BCUT2D eigenvalue weighted by Gasteiger charge is -2.29. The zero-order chi connectivity index (χ0) is 15.6. The molecule has 0 atom stereocenters. The van der Waals surface area contributed by atoms with E-state index in [4.69, 9.17) is 14.2 Å². The summed E-state index contributed by atoms with van der Waals surface area (Å²) in [6.45, 7) is 8.17. The van der Waals surface area contributed by atoms with Crippen LogP contribution in [0.2, 0.25) is 0 Å². The van der Waals surface area contributed by atoms with Gasteiger partial charge in [0.05, 0.1) is 19.8 Å². The number of hydrogen-bond acceptors (Lipinski definition) is 3. The fraction of sp³-hybridized carbons (Fsp3) is 0.579. The van der Waals surface area contributed by atoms with Gasteiger partial charge in [-0.25, -0.2) is 0 Å². The number of hydrogen-bond donors (Lipinski definition) is 0. The fourth-order valence-electron chi connectivity index (χ4n) is 2.57. The molecule has 1 aromatic carbocycles. The first-order valence-corrected chi connectivity index (χ1v) is 8.40. The fourth-order valence-corrected chi connectivity index (χ4v) is 2.57. The highest BCUT2D eigenvalue weighted by atomic mass is 16.7. The van der Waals surface area contributed by atoms with Crippen LogP contribution in [0, 0.1) is 5.92 Å². The van der Waals surface area contributed by atoms with Crippen molar-refractivity contribution in [2.24, 2.45) is 5.92 Å². The summed E-state index contributed by atoms with van der Waals surface area (Å²) < 4.78 is 17.3. The number of unbranched alkanes of at least 4 members (excludes halogenated alkanes) is 2. The van der Waals surface area contributed by atoms with Crippen molar-refractivity contribution >= 4 is 0 Å². The number of rotatable bonds is 9. The summed E-state index contributed by atoms with van der Waals surface area (Å²) >= 11 is 0. The summed E-state index contributed by atoms with van der Waals surface area (Å²) in [5, 5.41) is 0. The van der Waals surface area contributed by atoms with Gasteiger partial charge in [0.15, 0.2) is 6.29 Å². The second-order valence-corrected chi connectivity index (χ2v) is 5.86. The molecule has 1 aromatic rings. The summed E-state index contributed by atoms with van der Waals surface area (Å²) in [5.74, 6) is 1.42. The second-order valence-electron chi connectivity index (χ2n) is 5.86. The van der Waals surface area contributed by atoms with Crippen LogP contribution in [0.4, 0.5) is 0 Å². The van der Waals surface area contributed by atoms with Crippen molar-refractivity contribution in [1.82, 2.24) is 0 Å². The van der Waals surface area contributed by atoms with Gasteiger partial charge in [-0.1, -0.05) is 44.4 Å². The Bertz CT molecular complexity index is 419. The van der Waals surface area contributed by atoms with Crippen LogP contribution in [0.3, 0.4) is 0 Å². The summed E-state index contributed by atoms with van der Waals surface area (Å²) in [6.07, 6.45) is 7.52. The maximum atomic E-state index is 5.87. The molecule has 0 aliphatic carbocycles. The monoisotopic (exact) mass is 304 g/mol. The molecule has 1 aliphatic heterocycles. The number of benzene rings is 1. The zero-order valence-electron chi connectivity index (χ0n) is 13.6. The molecule has 1 saturated heterocycles. The predicted octanol–water partition coefficient (Wildman–Crippen LogP) is 4.88. The Kier molecular flexibility index (Phi) is 7.47. The summed E-state index contributed by atoms with van der Waals surface area (Å²) in [4.78, 5) is 0. The first-order valence-electron chi connectivity index (χ1n) is 8.40. The topological polar surface area (TPSA) is 27.7 Å². The van der Waals surface area contributed by atoms with Gasteiger partial charge < -0.3 is 14.2 Å². The third-order valence-corrected chi connectivity index (χ3v) is 3.93. The van der Waals surface area contributed by atoms with E-state index in [0.29, 0.717) is 12.5 Å². The number of ether oxygens (including phenoxy) is 3. The van der Waals surface area contributed by atoms with Gasteiger partial charge in [-0.3, -0.25) is 0 Å². The Morgan fingerprint density at radius 3 is 2.55 bits per heavy atom. The van der Waals surface area contributed by atoms with Gasteiger partial charge in [0.2, 0.25) is 0 Å². The van der Waals surface area contributed by atoms with Gasteiger partial charge >= 0.3 is 0 Å². The van der Waals surface area contributed by atoms with Crippen molar-refractivity contribution in [1.29, 1.82) is 0 Å². The minimum atomic E-state index is -0.232. The van der Waals surface area contributed by atoms with E-state index in [0.717, 1.165) is 30.9 Å². The van der Waals surface area contributed by atoms with E-state index >= 15 is 0 Å². The third-order valence-electron chi connectivity index (χ3n) is 3.93. The van der Waals surface area contributed by atoms with Crippen LogP contribution in [0.15, 0.2) is 36.9 Å². The maximum Gasteiger partial charge on any atom is 0.183 e. The standard InChI is InChI=1S/C19H28O3/c1-3-5-7-8-16-14-21-19(22-15-16)17-9-11-18(12-10-17)20-13-6-4-2/h4,9-12,16,19H,2-3,5-8,13-15H2,1H3. The van der Waals surface area contributed by atoms with Crippen LogP contribution in [0.5, 0.6) is 5.75 Å². The zero-order valence-corrected chi connectivity index (χ0v) is 13.6. The highest BCUT2D eigenvalue weighted by molar-refractivity contribution is 5.28. The quantitative estimate of drug-likeness (QED) is 0.480. The lowest BCUT2D eigenvalue weighted by atomic mass is 10.0. The van der Waals surface area contributed by atoms with E-state index in [1.807, 2.05) is 30.3 Å². The van der Waals surface area contributed by atoms with Gasteiger partial charge in [0.25, 0.3) is 0 Å². The Morgan fingerprint density at radius 2 is 1.91 bits per heavy atom. The molecule has 0 bridgehead atoms. The molecule has 1 aliphatic rings. The molecule has 3 nitrogen and oxygen atoms in total. The van der Waals surface area contributed by atoms with E-state index in [2.05, 4.69) is 13.5 Å². The molecule has 1 heterocycles. The van der Waals surface area contributed by atoms with Crippen molar-refractivity contribution in [3.05, 3.63) is 42.5 Å². The molecular formula is C19H28O3. The van der Waals surface area contributed by atoms with E-state index in [-0.39, 0.29) is 6.29 Å². The highest BCUT2D eigenvalue weighted by Crippen LogP contribution is 2.28. The molecule has 0 aromatic heterocycles. The highest BCUT2D eigenvalue weighted by Gasteiger charge is 2.23. The molecule has 1 fully saturated rings. The lowest BCUT2D eigenvalue weighted by molar-refractivity contribution is -0.206. The lowest BCUT2D eigenvalue weighted by Crippen LogP contribution is -2.27. The van der Waals surface area contributed by atoms with Crippen molar-refractivity contribution in [2.75, 3.05) is 19.8 Å². The van der Waals surface area contributed by atoms with Gasteiger partial charge in [-0.05, 0) is 25.0 Å². The Balaban J connectivity index is 1.75. The molecule has 0 amide bonds. The van der Waals surface area contributed by atoms with Crippen LogP contribution >= 0.6 is 0 Å². The van der Waals surface area contributed by atoms with Crippen molar-refractivity contribution in [3.63, 3.8) is 0 Å². The van der Waals surface area contributed by atoms with Crippen molar-refractivity contribution < 1.29 is 14.2 Å². The van der Waals surface area contributed by atoms with Crippen molar-refractivity contribution in [3.8, 4) is 5.75 Å². The Labute approximate surface area is 134 Å². The van der Waals surface area contributed by atoms with Crippen LogP contribution in [-0.2, 0) is 9.47 Å². The maximum absolute atomic E-state index is 5.87. The minimum absolute atomic E-state index is 0.232. The molecule has 2 rings (SSSR count). The first-order chi connectivity index (χ1) is 10.8. The molecule has 0 spiro atoms. The Hall–Kier alpha value is -1.32.